The number of hydrogen-bond acceptors (Lipinski definition) is 3. The van der Waals surface area contributed by atoms with Gasteiger partial charge < -0.3 is 4.18 Å². The van der Waals surface area contributed by atoms with Crippen LogP contribution in [-0.2, 0) is 16.5 Å². The van der Waals surface area contributed by atoms with Crippen LogP contribution in [0.25, 0.3) is 21.9 Å². The van der Waals surface area contributed by atoms with E-state index in [0.717, 1.165) is 30.5 Å². The minimum atomic E-state index is -6.08. The van der Waals surface area contributed by atoms with Crippen molar-refractivity contribution in [3.05, 3.63) is 65.7 Å². The van der Waals surface area contributed by atoms with Gasteiger partial charge in [-0.2, -0.15) is 21.6 Å². The van der Waals surface area contributed by atoms with E-state index in [1.165, 1.54) is 6.07 Å². The van der Waals surface area contributed by atoms with Gasteiger partial charge in [0.25, 0.3) is 0 Å². The summed E-state index contributed by atoms with van der Waals surface area (Å²) in [6.45, 7) is 2.04. The molecule has 29 heavy (non-hydrogen) atoms. The Labute approximate surface area is 163 Å². The lowest BCUT2D eigenvalue weighted by molar-refractivity contribution is -0.0500. The van der Waals surface area contributed by atoms with Crippen molar-refractivity contribution in [1.82, 2.24) is 0 Å². The molecule has 0 fully saturated rings. The van der Waals surface area contributed by atoms with E-state index in [0.29, 0.717) is 17.2 Å². The van der Waals surface area contributed by atoms with Gasteiger partial charge in [-0.25, -0.2) is 8.78 Å². The largest absolute Gasteiger partial charge is 0.534 e. The summed E-state index contributed by atoms with van der Waals surface area (Å²) in [6.07, 6.45) is 1.86. The average Bonchev–Trinajstić information content (AvgIpc) is 2.63. The van der Waals surface area contributed by atoms with E-state index in [2.05, 4.69) is 4.18 Å². The first-order valence-electron chi connectivity index (χ1n) is 8.55. The Morgan fingerprint density at radius 2 is 1.59 bits per heavy atom. The lowest BCUT2D eigenvalue weighted by Gasteiger charge is -2.12. The predicted molar refractivity (Wildman–Crippen MR) is 98.9 cm³/mol. The number of halogens is 5. The van der Waals surface area contributed by atoms with Crippen LogP contribution in [0, 0.1) is 11.6 Å². The number of aryl methyl sites for hydroxylation is 1. The van der Waals surface area contributed by atoms with Crippen molar-refractivity contribution in [1.29, 1.82) is 0 Å². The highest BCUT2D eigenvalue weighted by Gasteiger charge is 2.49. The fourth-order valence-electron chi connectivity index (χ4n) is 2.90. The molecule has 0 aliphatic heterocycles. The highest BCUT2D eigenvalue weighted by molar-refractivity contribution is 7.88. The van der Waals surface area contributed by atoms with Crippen LogP contribution in [0.1, 0.15) is 18.9 Å². The van der Waals surface area contributed by atoms with Gasteiger partial charge in [-0.3, -0.25) is 0 Å². The van der Waals surface area contributed by atoms with Crippen LogP contribution in [0.5, 0.6) is 5.75 Å². The van der Waals surface area contributed by atoms with Crippen LogP contribution in [-0.4, -0.2) is 13.9 Å². The number of hydrogen-bond donors (Lipinski definition) is 0. The van der Waals surface area contributed by atoms with E-state index in [4.69, 9.17) is 0 Å². The lowest BCUT2D eigenvalue weighted by atomic mass is 9.98. The van der Waals surface area contributed by atoms with Gasteiger partial charge >= 0.3 is 15.6 Å². The molecule has 0 aromatic heterocycles. The van der Waals surface area contributed by atoms with Crippen LogP contribution in [0.2, 0.25) is 0 Å². The first-order valence-corrected chi connectivity index (χ1v) is 9.96. The van der Waals surface area contributed by atoms with E-state index in [-0.39, 0.29) is 5.39 Å². The van der Waals surface area contributed by atoms with Crippen molar-refractivity contribution in [2.24, 2.45) is 0 Å². The maximum atomic E-state index is 14.6. The zero-order valence-corrected chi connectivity index (χ0v) is 15.9. The zero-order chi connectivity index (χ0) is 21.4. The molecule has 0 N–H and O–H groups in total. The zero-order valence-electron chi connectivity index (χ0n) is 15.1. The SMILES string of the molecule is CCCc1ccc(-c2cc(F)c3c(F)c(OS(=O)(=O)C(F)(F)F)ccc3c2)cc1. The quantitative estimate of drug-likeness (QED) is 0.285. The standard InChI is InChI=1S/C20H15F5O3S/c1-2-3-12-4-6-13(7-5-12)15-10-14-8-9-17(19(22)18(14)16(21)11-15)28-29(26,27)20(23,24)25/h4-11H,2-3H2,1H3. The first kappa shape index (κ1) is 21.0. The molecule has 9 heteroatoms. The summed E-state index contributed by atoms with van der Waals surface area (Å²) in [6, 6.07) is 11.7. The summed E-state index contributed by atoms with van der Waals surface area (Å²) in [5, 5.41) is -0.613. The Morgan fingerprint density at radius 1 is 0.931 bits per heavy atom. The molecular weight excluding hydrogens is 415 g/mol. The third kappa shape index (κ3) is 4.19. The number of fused-ring (bicyclic) bond motifs is 1. The third-order valence-corrected chi connectivity index (χ3v) is 5.25. The van der Waals surface area contributed by atoms with Gasteiger partial charge in [-0.05, 0) is 46.7 Å². The maximum Gasteiger partial charge on any atom is 0.534 e. The number of benzene rings is 3. The Balaban J connectivity index is 2.04. The summed E-state index contributed by atoms with van der Waals surface area (Å²) >= 11 is 0. The first-order chi connectivity index (χ1) is 13.5. The van der Waals surface area contributed by atoms with Crippen LogP contribution in [0.15, 0.2) is 48.5 Å². The van der Waals surface area contributed by atoms with Gasteiger partial charge in [0, 0.05) is 0 Å². The molecular formula is C20H15F5O3S. The molecule has 154 valence electrons. The molecule has 3 aromatic rings. The minimum absolute atomic E-state index is 0.0480. The average molecular weight is 430 g/mol. The smallest absolute Gasteiger partial charge is 0.373 e. The predicted octanol–water partition coefficient (Wildman–Crippen LogP) is 5.97. The van der Waals surface area contributed by atoms with Crippen LogP contribution >= 0.6 is 0 Å². The summed E-state index contributed by atoms with van der Waals surface area (Å²) in [5.41, 5.74) is -3.52. The van der Waals surface area contributed by atoms with Crippen LogP contribution < -0.4 is 4.18 Å². The molecule has 0 radical (unpaired) electrons. The molecule has 3 rings (SSSR count). The summed E-state index contributed by atoms with van der Waals surface area (Å²) in [5.74, 6) is -3.81. The monoisotopic (exact) mass is 430 g/mol. The molecule has 0 saturated heterocycles. The van der Waals surface area contributed by atoms with E-state index < -0.39 is 38.4 Å². The van der Waals surface area contributed by atoms with Gasteiger partial charge in [0.2, 0.25) is 0 Å². The second-order valence-electron chi connectivity index (χ2n) is 6.36. The van der Waals surface area contributed by atoms with Gasteiger partial charge in [0.15, 0.2) is 11.6 Å². The highest BCUT2D eigenvalue weighted by atomic mass is 32.2. The second kappa shape index (κ2) is 7.62. The number of alkyl halides is 3. The fourth-order valence-corrected chi connectivity index (χ4v) is 3.36. The van der Waals surface area contributed by atoms with Gasteiger partial charge in [-0.15, -0.1) is 0 Å². The molecule has 3 aromatic carbocycles. The van der Waals surface area contributed by atoms with E-state index >= 15 is 0 Å². The molecule has 0 aliphatic carbocycles. The third-order valence-electron chi connectivity index (χ3n) is 4.28. The maximum absolute atomic E-state index is 14.6. The summed E-state index contributed by atoms with van der Waals surface area (Å²) in [7, 11) is -6.08. The molecule has 3 nitrogen and oxygen atoms in total. The Kier molecular flexibility index (Phi) is 5.53. The normalized spacial score (nSPS) is 12.3. The van der Waals surface area contributed by atoms with Crippen molar-refractivity contribution in [2.75, 3.05) is 0 Å². The second-order valence-corrected chi connectivity index (χ2v) is 7.90. The van der Waals surface area contributed by atoms with E-state index in [9.17, 15) is 30.4 Å². The minimum Gasteiger partial charge on any atom is -0.373 e. The Hall–Kier alpha value is -2.68. The topological polar surface area (TPSA) is 43.4 Å². The molecule has 0 amide bonds. The van der Waals surface area contributed by atoms with Crippen LogP contribution in [0.3, 0.4) is 0 Å². The van der Waals surface area contributed by atoms with Gasteiger partial charge in [0.1, 0.15) is 5.82 Å². The number of rotatable bonds is 5. The van der Waals surface area contributed by atoms with Crippen molar-refractivity contribution in [3.63, 3.8) is 0 Å². The van der Waals surface area contributed by atoms with E-state index in [1.807, 2.05) is 19.1 Å². The summed E-state index contributed by atoms with van der Waals surface area (Å²) in [4.78, 5) is 0. The van der Waals surface area contributed by atoms with Crippen molar-refractivity contribution in [3.8, 4) is 16.9 Å². The van der Waals surface area contributed by atoms with Gasteiger partial charge in [-0.1, -0.05) is 43.7 Å². The molecule has 0 unspecified atom stereocenters. The van der Waals surface area contributed by atoms with E-state index in [1.54, 1.807) is 12.1 Å². The lowest BCUT2D eigenvalue weighted by Crippen LogP contribution is -2.28. The van der Waals surface area contributed by atoms with Crippen molar-refractivity contribution in [2.45, 2.75) is 25.3 Å². The highest BCUT2D eigenvalue weighted by Crippen LogP contribution is 2.35. The molecule has 0 atom stereocenters. The molecule has 0 aliphatic rings. The van der Waals surface area contributed by atoms with Crippen molar-refractivity contribution >= 4 is 20.9 Å². The van der Waals surface area contributed by atoms with Crippen molar-refractivity contribution < 1.29 is 34.6 Å². The summed E-state index contributed by atoms with van der Waals surface area (Å²) < 4.78 is 92.5. The molecule has 0 spiro atoms. The molecule has 0 heterocycles. The fraction of sp³-hybridized carbons (Fsp3) is 0.200. The van der Waals surface area contributed by atoms with Crippen LogP contribution in [0.4, 0.5) is 22.0 Å². The van der Waals surface area contributed by atoms with Gasteiger partial charge in [0.05, 0.1) is 5.39 Å². The molecule has 0 saturated carbocycles. The Bertz CT molecular complexity index is 1150. The Morgan fingerprint density at radius 3 is 2.17 bits per heavy atom. The molecule has 0 bridgehead atoms.